The second kappa shape index (κ2) is 11.2. The van der Waals surface area contributed by atoms with E-state index < -0.39 is 21.4 Å². The first-order valence-electron chi connectivity index (χ1n) is 12.5. The minimum absolute atomic E-state index is 0.199. The maximum absolute atomic E-state index is 13.8. The first kappa shape index (κ1) is 27.1. The first-order valence-corrected chi connectivity index (χ1v) is 14.0. The normalized spacial score (nSPS) is 23.1. The lowest BCUT2D eigenvalue weighted by molar-refractivity contribution is -0.135. The highest BCUT2D eigenvalue weighted by Crippen LogP contribution is 2.41. The van der Waals surface area contributed by atoms with Gasteiger partial charge >= 0.3 is 5.97 Å². The lowest BCUT2D eigenvalue weighted by Crippen LogP contribution is -2.40. The maximum atomic E-state index is 13.8. The van der Waals surface area contributed by atoms with Crippen LogP contribution in [0.4, 0.5) is 5.69 Å². The summed E-state index contributed by atoms with van der Waals surface area (Å²) in [6, 6.07) is 13.4. The van der Waals surface area contributed by atoms with Crippen molar-refractivity contribution in [1.82, 2.24) is 4.31 Å². The Bertz CT molecular complexity index is 1240. The van der Waals surface area contributed by atoms with E-state index in [0.717, 1.165) is 0 Å². The van der Waals surface area contributed by atoms with Gasteiger partial charge < -0.3 is 20.3 Å². The number of carboxylic acids is 1. The van der Waals surface area contributed by atoms with Crippen LogP contribution in [0.1, 0.15) is 38.7 Å². The third-order valence-electron chi connectivity index (χ3n) is 6.97. The molecule has 2 aromatic carbocycles. The second-order valence-electron chi connectivity index (χ2n) is 10.2. The van der Waals surface area contributed by atoms with Crippen molar-refractivity contribution < 1.29 is 27.8 Å². The van der Waals surface area contributed by atoms with Crippen LogP contribution >= 0.6 is 0 Å². The number of sulfonamides is 1. The van der Waals surface area contributed by atoms with Crippen LogP contribution in [0, 0.1) is 11.3 Å². The van der Waals surface area contributed by atoms with E-state index in [1.54, 1.807) is 52.8 Å². The number of aliphatic carboxylic acids is 1. The Labute approximate surface area is 218 Å². The number of nitrogen functional groups attached to an aromatic ring is 1. The topological polar surface area (TPSA) is 132 Å². The summed E-state index contributed by atoms with van der Waals surface area (Å²) in [4.78, 5) is 16.5. The van der Waals surface area contributed by atoms with Crippen molar-refractivity contribution in [1.29, 1.82) is 0 Å². The number of rotatable bonds is 11. The molecule has 10 heteroatoms. The molecule has 0 radical (unpaired) electrons. The molecule has 0 amide bonds. The summed E-state index contributed by atoms with van der Waals surface area (Å²) in [5.41, 5.74) is 7.08. The average molecular weight is 530 g/mol. The van der Waals surface area contributed by atoms with Crippen LogP contribution in [0.5, 0.6) is 5.75 Å². The molecule has 2 fully saturated rings. The lowest BCUT2D eigenvalue weighted by Gasteiger charge is -2.32. The number of nitrogens with zero attached hydrogens (tertiary/aromatic N) is 2. The molecule has 2 atom stereocenters. The minimum atomic E-state index is -3.76. The van der Waals surface area contributed by atoms with Crippen molar-refractivity contribution in [2.45, 2.75) is 44.0 Å². The third kappa shape index (κ3) is 6.31. The van der Waals surface area contributed by atoms with E-state index in [9.17, 15) is 18.3 Å². The van der Waals surface area contributed by atoms with Gasteiger partial charge in [-0.15, -0.1) is 0 Å². The van der Waals surface area contributed by atoms with E-state index in [0.29, 0.717) is 61.3 Å². The highest BCUT2D eigenvalue weighted by atomic mass is 32.2. The van der Waals surface area contributed by atoms with Crippen LogP contribution in [0.25, 0.3) is 0 Å². The zero-order valence-electron chi connectivity index (χ0n) is 21.3. The maximum Gasteiger partial charge on any atom is 0.309 e. The highest BCUT2D eigenvalue weighted by molar-refractivity contribution is 7.89. The first-order chi connectivity index (χ1) is 17.6. The summed E-state index contributed by atoms with van der Waals surface area (Å²) in [7, 11) is -3.76. The number of nitrogens with two attached hydrogens (primary N) is 1. The summed E-state index contributed by atoms with van der Waals surface area (Å²) in [5, 5.41) is 9.47. The molecule has 2 aliphatic rings. The Morgan fingerprint density at radius 3 is 2.51 bits per heavy atom. The second-order valence-corrected chi connectivity index (χ2v) is 12.1. The lowest BCUT2D eigenvalue weighted by atomic mass is 9.85. The van der Waals surface area contributed by atoms with E-state index in [1.165, 1.54) is 0 Å². The molecule has 2 saturated heterocycles. The molecule has 0 aliphatic carbocycles. The van der Waals surface area contributed by atoms with Gasteiger partial charge in [-0.3, -0.25) is 9.79 Å². The van der Waals surface area contributed by atoms with E-state index in [1.807, 2.05) is 13.8 Å². The predicted molar refractivity (Wildman–Crippen MR) is 141 cm³/mol. The Balaban J connectivity index is 1.61. The van der Waals surface area contributed by atoms with Crippen LogP contribution in [-0.2, 0) is 19.6 Å². The summed E-state index contributed by atoms with van der Waals surface area (Å²) in [6.07, 6.45) is 1.07. The molecule has 0 bridgehead atoms. The number of carbonyl (C=O) groups is 1. The molecule has 2 aliphatic heterocycles. The minimum Gasteiger partial charge on any atom is -0.494 e. The number of aliphatic imine (C=N–C) groups is 1. The summed E-state index contributed by atoms with van der Waals surface area (Å²) < 4.78 is 39.9. The van der Waals surface area contributed by atoms with E-state index in [4.69, 9.17) is 20.2 Å². The monoisotopic (exact) mass is 529 g/mol. The fourth-order valence-electron chi connectivity index (χ4n) is 5.08. The Morgan fingerprint density at radius 1 is 1.22 bits per heavy atom. The fraction of sp³-hybridized carbons (Fsp3) is 0.481. The Kier molecular flexibility index (Phi) is 8.20. The molecule has 0 spiro atoms. The third-order valence-corrected chi connectivity index (χ3v) is 8.88. The summed E-state index contributed by atoms with van der Waals surface area (Å²) in [5.74, 6) is -0.0573. The average Bonchev–Trinajstić information content (AvgIpc) is 3.17. The Hall–Kier alpha value is -2.95. The standard InChI is InChI=1S/C27H35N3O6S/c1-3-36-21-8-10-22(11-9-21)37(33,34)30-18-27(2,14-20(30)12-19-15-35-16-19)17-29-25(13-26(31)32)23-6-4-5-7-24(23)28/h4-11,19-20H,3,12-18,28H2,1-2H3,(H,31,32)/t20?,27-/m1/s1. The van der Waals surface area contributed by atoms with Crippen molar-refractivity contribution in [2.75, 3.05) is 38.6 Å². The number of benzene rings is 2. The highest BCUT2D eigenvalue weighted by Gasteiger charge is 2.47. The van der Waals surface area contributed by atoms with Crippen LogP contribution in [0.3, 0.4) is 0 Å². The Morgan fingerprint density at radius 2 is 1.92 bits per heavy atom. The molecule has 0 aromatic heterocycles. The number of carboxylic acid groups (broad SMARTS) is 1. The van der Waals surface area contributed by atoms with Crippen LogP contribution in [-0.4, -0.2) is 68.5 Å². The quantitative estimate of drug-likeness (QED) is 0.337. The molecule has 37 heavy (non-hydrogen) atoms. The largest absolute Gasteiger partial charge is 0.494 e. The predicted octanol–water partition coefficient (Wildman–Crippen LogP) is 3.44. The van der Waals surface area contributed by atoms with Crippen molar-refractivity contribution in [2.24, 2.45) is 16.3 Å². The molecule has 2 heterocycles. The van der Waals surface area contributed by atoms with Gasteiger partial charge in [-0.25, -0.2) is 8.42 Å². The van der Waals surface area contributed by atoms with Crippen molar-refractivity contribution >= 4 is 27.4 Å². The van der Waals surface area contributed by atoms with Crippen LogP contribution in [0.15, 0.2) is 58.4 Å². The smallest absolute Gasteiger partial charge is 0.309 e. The van der Waals surface area contributed by atoms with Gasteiger partial charge in [0.25, 0.3) is 0 Å². The summed E-state index contributed by atoms with van der Waals surface area (Å²) in [6.45, 7) is 6.24. The zero-order chi connectivity index (χ0) is 26.6. The van der Waals surface area contributed by atoms with Crippen molar-refractivity contribution in [3.05, 3.63) is 54.1 Å². The summed E-state index contributed by atoms with van der Waals surface area (Å²) >= 11 is 0. The van der Waals surface area contributed by atoms with E-state index in [-0.39, 0.29) is 30.4 Å². The van der Waals surface area contributed by atoms with Gasteiger partial charge in [0.1, 0.15) is 5.75 Å². The van der Waals surface area contributed by atoms with Crippen molar-refractivity contribution in [3.8, 4) is 5.75 Å². The van der Waals surface area contributed by atoms with Gasteiger partial charge in [-0.05, 0) is 50.1 Å². The van der Waals surface area contributed by atoms with Gasteiger partial charge in [0, 0.05) is 41.7 Å². The number of para-hydroxylation sites is 1. The molecule has 3 N–H and O–H groups in total. The van der Waals surface area contributed by atoms with E-state index >= 15 is 0 Å². The van der Waals surface area contributed by atoms with Gasteiger partial charge in [-0.2, -0.15) is 4.31 Å². The molecule has 200 valence electrons. The number of anilines is 1. The molecule has 2 aromatic rings. The fourth-order valence-corrected chi connectivity index (χ4v) is 6.86. The number of hydrogen-bond donors (Lipinski definition) is 2. The van der Waals surface area contributed by atoms with E-state index in [2.05, 4.69) is 0 Å². The number of hydrogen-bond acceptors (Lipinski definition) is 7. The van der Waals surface area contributed by atoms with Gasteiger partial charge in [0.15, 0.2) is 0 Å². The molecular formula is C27H35N3O6S. The van der Waals surface area contributed by atoms with Crippen molar-refractivity contribution in [3.63, 3.8) is 0 Å². The SMILES string of the molecule is CCOc1ccc(S(=O)(=O)N2C[C@@](C)(CN=C(CC(=O)O)c3ccccc3N)CC2CC2COC2)cc1. The van der Waals surface area contributed by atoms with Gasteiger partial charge in [0.05, 0.1) is 36.8 Å². The van der Waals surface area contributed by atoms with Gasteiger partial charge in [0.2, 0.25) is 10.0 Å². The van der Waals surface area contributed by atoms with Crippen LogP contribution < -0.4 is 10.5 Å². The molecule has 0 saturated carbocycles. The molecule has 9 nitrogen and oxygen atoms in total. The zero-order valence-corrected chi connectivity index (χ0v) is 22.1. The van der Waals surface area contributed by atoms with Gasteiger partial charge in [-0.1, -0.05) is 25.1 Å². The molecule has 4 rings (SSSR count). The molecular weight excluding hydrogens is 494 g/mol. The molecule has 1 unspecified atom stereocenters. The number of ether oxygens (including phenoxy) is 2. The van der Waals surface area contributed by atoms with Crippen LogP contribution in [0.2, 0.25) is 0 Å².